The summed E-state index contributed by atoms with van der Waals surface area (Å²) in [4.78, 5) is 8.33. The molecule has 3 rings (SSSR count). The van der Waals surface area contributed by atoms with Crippen molar-refractivity contribution in [3.63, 3.8) is 0 Å². The zero-order valence-corrected chi connectivity index (χ0v) is 16.3. The average molecular weight is 374 g/mol. The Hall–Kier alpha value is -2.69. The van der Waals surface area contributed by atoms with E-state index in [1.807, 2.05) is 12.1 Å². The van der Waals surface area contributed by atoms with Gasteiger partial charge in [0.25, 0.3) is 0 Å². The highest BCUT2D eigenvalue weighted by Crippen LogP contribution is 2.39. The molecule has 0 saturated heterocycles. The summed E-state index contributed by atoms with van der Waals surface area (Å²) in [5.74, 6) is 1.59. The quantitative estimate of drug-likeness (QED) is 0.734. The first-order valence-corrected chi connectivity index (χ1v) is 9.01. The molecule has 2 aromatic carbocycles. The Bertz CT molecular complexity index is 570. The summed E-state index contributed by atoms with van der Waals surface area (Å²) >= 11 is 0. The van der Waals surface area contributed by atoms with Gasteiger partial charge in [-0.05, 0) is 48.2 Å². The summed E-state index contributed by atoms with van der Waals surface area (Å²) in [6.45, 7) is 7.19. The maximum atomic E-state index is 8.63. The maximum Gasteiger partial charge on any atom is 0.115 e. The van der Waals surface area contributed by atoms with E-state index in [2.05, 4.69) is 20.8 Å². The van der Waals surface area contributed by atoms with Gasteiger partial charge >= 0.3 is 0 Å². The third-order valence-electron chi connectivity index (χ3n) is 4.55. The molecular weight excluding hydrogens is 344 g/mol. The number of para-hydroxylation sites is 2. The number of hydrogen-bond acceptors (Lipinski definition) is 5. The highest BCUT2D eigenvalue weighted by molar-refractivity contribution is 5.47. The van der Waals surface area contributed by atoms with Gasteiger partial charge in [-0.25, -0.2) is 0 Å². The van der Waals surface area contributed by atoms with Crippen LogP contribution in [0.1, 0.15) is 46.5 Å². The fourth-order valence-electron chi connectivity index (χ4n) is 2.52. The minimum atomic E-state index is -2.33. The van der Waals surface area contributed by atoms with Crippen LogP contribution < -0.4 is 10.2 Å². The monoisotopic (exact) mass is 374 g/mol. The summed E-state index contributed by atoms with van der Waals surface area (Å²) in [6, 6.07) is 17.4. The van der Waals surface area contributed by atoms with Gasteiger partial charge in [0.2, 0.25) is 0 Å². The molecule has 1 atom stereocenters. The third-order valence-corrected chi connectivity index (χ3v) is 4.55. The van der Waals surface area contributed by atoms with E-state index in [-0.39, 0.29) is 0 Å². The minimum absolute atomic E-state index is 0.322. The van der Waals surface area contributed by atoms with E-state index in [0.29, 0.717) is 16.9 Å². The van der Waals surface area contributed by atoms with E-state index in [4.69, 9.17) is 25.2 Å². The molecule has 0 spiro atoms. The number of phenols is 2. The lowest BCUT2D eigenvalue weighted by molar-refractivity contribution is -0.415. The van der Waals surface area contributed by atoms with Crippen LogP contribution in [0, 0.1) is 11.3 Å². The van der Waals surface area contributed by atoms with E-state index < -0.39 is 6.16 Å². The topological polar surface area (TPSA) is 104 Å². The molecule has 2 N–H and O–H groups in total. The highest BCUT2D eigenvalue weighted by atomic mass is 16.6. The second-order valence-electron chi connectivity index (χ2n) is 7.06. The molecule has 0 aliphatic heterocycles. The number of rotatable bonds is 0. The Morgan fingerprint density at radius 3 is 1.44 bits per heavy atom. The molecule has 27 heavy (non-hydrogen) atoms. The third kappa shape index (κ3) is 14.2. The van der Waals surface area contributed by atoms with Gasteiger partial charge in [0.05, 0.1) is 0 Å². The Kier molecular flexibility index (Phi) is 12.2. The lowest BCUT2D eigenvalue weighted by Gasteiger charge is -2.36. The van der Waals surface area contributed by atoms with Gasteiger partial charge in [0, 0.05) is 0 Å². The first kappa shape index (κ1) is 24.3. The molecule has 150 valence electrons. The fraction of sp³-hybridized carbons (Fsp3) is 0.409. The average Bonchev–Trinajstić information content (AvgIpc) is 2.60. The summed E-state index contributed by atoms with van der Waals surface area (Å²) in [7, 11) is 0. The minimum Gasteiger partial charge on any atom is -0.652 e. The van der Waals surface area contributed by atoms with Gasteiger partial charge in [0.15, 0.2) is 0 Å². The fourth-order valence-corrected chi connectivity index (χ4v) is 2.52. The van der Waals surface area contributed by atoms with Crippen molar-refractivity contribution >= 4 is 6.16 Å². The van der Waals surface area contributed by atoms with Crippen LogP contribution >= 0.6 is 0 Å². The van der Waals surface area contributed by atoms with Crippen LogP contribution in [0.3, 0.4) is 0 Å². The number of aromatic hydroxyl groups is 2. The van der Waals surface area contributed by atoms with Crippen LogP contribution in [-0.2, 0) is 0 Å². The summed E-state index contributed by atoms with van der Waals surface area (Å²) in [5, 5.41) is 33.9. The first-order valence-electron chi connectivity index (χ1n) is 9.01. The van der Waals surface area contributed by atoms with Gasteiger partial charge in [-0.15, -0.1) is 0 Å². The maximum absolute atomic E-state index is 8.63. The lowest BCUT2D eigenvalue weighted by atomic mass is 9.70. The van der Waals surface area contributed by atoms with Crippen molar-refractivity contribution in [1.29, 1.82) is 0 Å². The van der Waals surface area contributed by atoms with E-state index in [0.717, 1.165) is 5.92 Å². The van der Waals surface area contributed by atoms with Crippen LogP contribution in [0.15, 0.2) is 60.7 Å². The molecule has 0 heterocycles. The second kappa shape index (κ2) is 13.5. The largest absolute Gasteiger partial charge is 0.652 e. The molecule has 0 bridgehead atoms. The number of benzene rings is 2. The molecule has 5 nitrogen and oxygen atoms in total. The van der Waals surface area contributed by atoms with E-state index in [1.54, 1.807) is 48.5 Å². The van der Waals surface area contributed by atoms with Crippen molar-refractivity contribution in [2.75, 3.05) is 0 Å². The van der Waals surface area contributed by atoms with Crippen LogP contribution in [0.2, 0.25) is 0 Å². The molecule has 0 radical (unpaired) electrons. The molecule has 1 unspecified atom stereocenters. The smallest absolute Gasteiger partial charge is 0.115 e. The Balaban J connectivity index is 0.000000346. The summed E-state index contributed by atoms with van der Waals surface area (Å²) < 4.78 is 0. The molecule has 1 saturated carbocycles. The van der Waals surface area contributed by atoms with Gasteiger partial charge < -0.3 is 25.2 Å². The second-order valence-corrected chi connectivity index (χ2v) is 7.06. The number of carboxylic acid groups (broad SMARTS) is 2. The molecule has 2 aromatic rings. The molecule has 1 aliphatic rings. The predicted molar refractivity (Wildman–Crippen MR) is 103 cm³/mol. The van der Waals surface area contributed by atoms with Gasteiger partial charge in [0.1, 0.15) is 11.5 Å². The van der Waals surface area contributed by atoms with Crippen molar-refractivity contribution in [2.24, 2.45) is 11.3 Å². The lowest BCUT2D eigenvalue weighted by Crippen LogP contribution is -2.37. The molecule has 5 heteroatoms. The van der Waals surface area contributed by atoms with Crippen LogP contribution in [0.4, 0.5) is 4.79 Å². The summed E-state index contributed by atoms with van der Waals surface area (Å²) in [5.41, 5.74) is 0.637. The first-order chi connectivity index (χ1) is 12.6. The number of carbonyl (C=O) groups excluding carboxylic acids is 1. The van der Waals surface area contributed by atoms with E-state index in [1.165, 1.54) is 25.7 Å². The Morgan fingerprint density at radius 1 is 0.889 bits per heavy atom. The van der Waals surface area contributed by atoms with Crippen molar-refractivity contribution in [2.45, 2.75) is 46.5 Å². The zero-order valence-electron chi connectivity index (χ0n) is 16.3. The van der Waals surface area contributed by atoms with Gasteiger partial charge in [-0.2, -0.15) is 0 Å². The number of phenolic OH excluding ortho intramolecular Hbond substituents is 2. The molecule has 1 fully saturated rings. The normalized spacial score (nSPS) is 16.8. The SMILES string of the molecule is CC1CCCCC1(C)C.O=C([O-])[O-].Oc1ccccc1.Oc1ccccc1. The zero-order chi connectivity index (χ0) is 20.7. The van der Waals surface area contributed by atoms with Crippen molar-refractivity contribution < 1.29 is 25.2 Å². The predicted octanol–water partition coefficient (Wildman–Crippen LogP) is 3.56. The van der Waals surface area contributed by atoms with Crippen LogP contribution in [0.25, 0.3) is 0 Å². The van der Waals surface area contributed by atoms with Gasteiger partial charge in [-0.3, -0.25) is 0 Å². The summed E-state index contributed by atoms with van der Waals surface area (Å²) in [6.07, 6.45) is 3.48. The van der Waals surface area contributed by atoms with E-state index >= 15 is 0 Å². The van der Waals surface area contributed by atoms with Gasteiger partial charge in [-0.1, -0.05) is 76.4 Å². The molecule has 0 amide bonds. The Morgan fingerprint density at radius 2 is 1.26 bits per heavy atom. The molecule has 0 aromatic heterocycles. The number of hydrogen-bond donors (Lipinski definition) is 2. The van der Waals surface area contributed by atoms with Crippen molar-refractivity contribution in [3.05, 3.63) is 60.7 Å². The molecular formula is C22H30O5-2. The Labute approximate surface area is 161 Å². The molecule has 1 aliphatic carbocycles. The van der Waals surface area contributed by atoms with Crippen LogP contribution in [0.5, 0.6) is 11.5 Å². The van der Waals surface area contributed by atoms with E-state index in [9.17, 15) is 0 Å². The number of carbonyl (C=O) groups is 1. The van der Waals surface area contributed by atoms with Crippen LogP contribution in [-0.4, -0.2) is 16.4 Å². The van der Waals surface area contributed by atoms with Crippen molar-refractivity contribution in [1.82, 2.24) is 0 Å². The highest BCUT2D eigenvalue weighted by Gasteiger charge is 2.27. The van der Waals surface area contributed by atoms with Crippen molar-refractivity contribution in [3.8, 4) is 11.5 Å². The standard InChI is InChI=1S/C9H18.2C6H6O.CH2O3/c1-8-6-4-5-7-9(8,2)3;2*7-6-4-2-1-3-5-6;2-1(3)4/h8H,4-7H2,1-3H3;2*1-5,7H;(H2,2,3,4)/p-2.